The second-order valence-electron chi connectivity index (χ2n) is 5.20. The number of esters is 1. The van der Waals surface area contributed by atoms with Crippen molar-refractivity contribution in [1.29, 1.82) is 0 Å². The monoisotopic (exact) mass is 366 g/mol. The summed E-state index contributed by atoms with van der Waals surface area (Å²) in [6, 6.07) is 4.21. The minimum atomic E-state index is -0.747. The molecule has 0 spiro atoms. The molecule has 0 saturated carbocycles. The quantitative estimate of drug-likeness (QED) is 0.527. The van der Waals surface area contributed by atoms with Crippen molar-refractivity contribution >= 4 is 23.9 Å². The molecule has 0 saturated heterocycles. The van der Waals surface area contributed by atoms with Crippen LogP contribution in [0, 0.1) is 5.82 Å². The molecule has 0 heterocycles. The average Bonchev–Trinajstić information content (AvgIpc) is 2.62. The number of ether oxygens (including phenoxy) is 2. The molecule has 142 valence electrons. The molecule has 0 radical (unpaired) electrons. The molecule has 0 atom stereocenters. The van der Waals surface area contributed by atoms with Crippen molar-refractivity contribution in [2.75, 3.05) is 33.4 Å². The van der Waals surface area contributed by atoms with Crippen LogP contribution in [0.25, 0.3) is 6.08 Å². The Hall–Kier alpha value is -2.90. The summed E-state index contributed by atoms with van der Waals surface area (Å²) in [4.78, 5) is 36.5. The van der Waals surface area contributed by atoms with Crippen molar-refractivity contribution in [3.8, 4) is 5.75 Å². The number of methoxy groups -OCH3 is 1. The Balaban J connectivity index is 2.53. The minimum Gasteiger partial charge on any atom is -0.494 e. The Labute approximate surface area is 151 Å². The Bertz CT molecular complexity index is 676. The van der Waals surface area contributed by atoms with E-state index in [0.717, 1.165) is 6.08 Å². The molecule has 1 N–H and O–H groups in total. The molecule has 0 unspecified atom stereocenters. The van der Waals surface area contributed by atoms with Crippen molar-refractivity contribution in [1.82, 2.24) is 10.2 Å². The van der Waals surface area contributed by atoms with E-state index in [2.05, 4.69) is 5.32 Å². The van der Waals surface area contributed by atoms with Gasteiger partial charge in [-0.1, -0.05) is 6.07 Å². The number of halogens is 1. The topological polar surface area (TPSA) is 84.9 Å². The first kappa shape index (κ1) is 21.1. The van der Waals surface area contributed by atoms with Crippen LogP contribution < -0.4 is 10.1 Å². The molecule has 1 rings (SSSR count). The Kier molecular flexibility index (Phi) is 8.83. The van der Waals surface area contributed by atoms with Gasteiger partial charge in [-0.05, 0) is 37.6 Å². The van der Waals surface area contributed by atoms with E-state index in [-0.39, 0.29) is 18.2 Å². The number of benzene rings is 1. The smallest absolute Gasteiger partial charge is 0.331 e. The second kappa shape index (κ2) is 10.9. The normalized spacial score (nSPS) is 10.5. The van der Waals surface area contributed by atoms with Crippen LogP contribution >= 0.6 is 0 Å². The zero-order valence-corrected chi connectivity index (χ0v) is 15.1. The van der Waals surface area contributed by atoms with Crippen molar-refractivity contribution in [2.24, 2.45) is 0 Å². The zero-order chi connectivity index (χ0) is 19.5. The summed E-state index contributed by atoms with van der Waals surface area (Å²) in [5, 5.41) is 2.59. The molecule has 1 aromatic carbocycles. The lowest BCUT2D eigenvalue weighted by Crippen LogP contribution is -2.42. The van der Waals surface area contributed by atoms with Gasteiger partial charge in [0.05, 0.1) is 13.7 Å². The molecule has 2 amide bonds. The molecular formula is C18H23FN2O5. The lowest BCUT2D eigenvalue weighted by Gasteiger charge is -2.19. The molecule has 0 aliphatic carbocycles. The number of nitrogens with zero attached hydrogens (tertiary/aromatic N) is 1. The van der Waals surface area contributed by atoms with Gasteiger partial charge in [0.2, 0.25) is 5.91 Å². The molecule has 0 bridgehead atoms. The molecule has 0 aliphatic rings. The summed E-state index contributed by atoms with van der Waals surface area (Å²) in [5.41, 5.74) is 0.443. The maximum Gasteiger partial charge on any atom is 0.331 e. The molecule has 0 aliphatic heterocycles. The predicted molar refractivity (Wildman–Crippen MR) is 93.9 cm³/mol. The molecule has 7 nitrogen and oxygen atoms in total. The van der Waals surface area contributed by atoms with Gasteiger partial charge in [0.15, 0.2) is 18.2 Å². The van der Waals surface area contributed by atoms with Crippen LogP contribution in [-0.2, 0) is 19.1 Å². The first-order valence-corrected chi connectivity index (χ1v) is 8.14. The van der Waals surface area contributed by atoms with E-state index >= 15 is 0 Å². The highest BCUT2D eigenvalue weighted by Crippen LogP contribution is 2.18. The van der Waals surface area contributed by atoms with E-state index in [9.17, 15) is 18.8 Å². The number of hydrogen-bond acceptors (Lipinski definition) is 5. The third-order valence-electron chi connectivity index (χ3n) is 3.37. The standard InChI is InChI=1S/C18H23FN2O5/c1-4-20-16(22)11-21(5-2)17(23)12-26-18(24)9-7-13-6-8-15(25-3)14(19)10-13/h6-10H,4-5,11-12H2,1-3H3,(H,20,22)/b9-7+. The molecular weight excluding hydrogens is 343 g/mol. The number of carbonyl (C=O) groups is 3. The number of hydrogen-bond donors (Lipinski definition) is 1. The highest BCUT2D eigenvalue weighted by atomic mass is 19.1. The largest absolute Gasteiger partial charge is 0.494 e. The lowest BCUT2D eigenvalue weighted by molar-refractivity contribution is -0.148. The van der Waals surface area contributed by atoms with Crippen LogP contribution in [0.15, 0.2) is 24.3 Å². The van der Waals surface area contributed by atoms with Gasteiger partial charge in [-0.3, -0.25) is 9.59 Å². The molecule has 26 heavy (non-hydrogen) atoms. The van der Waals surface area contributed by atoms with Crippen molar-refractivity contribution < 1.29 is 28.2 Å². The van der Waals surface area contributed by atoms with Gasteiger partial charge in [0.25, 0.3) is 5.91 Å². The highest BCUT2D eigenvalue weighted by molar-refractivity contribution is 5.90. The molecule has 0 fully saturated rings. The van der Waals surface area contributed by atoms with Gasteiger partial charge >= 0.3 is 5.97 Å². The number of rotatable bonds is 9. The van der Waals surface area contributed by atoms with Crippen LogP contribution in [0.1, 0.15) is 19.4 Å². The molecule has 8 heteroatoms. The Morgan fingerprint density at radius 1 is 1.27 bits per heavy atom. The van der Waals surface area contributed by atoms with E-state index in [1.807, 2.05) is 0 Å². The summed E-state index contributed by atoms with van der Waals surface area (Å²) in [5.74, 6) is -1.96. The van der Waals surface area contributed by atoms with E-state index in [1.54, 1.807) is 19.9 Å². The summed E-state index contributed by atoms with van der Waals surface area (Å²) in [6.45, 7) is 3.70. The van der Waals surface area contributed by atoms with Gasteiger partial charge in [-0.15, -0.1) is 0 Å². The maximum absolute atomic E-state index is 13.6. The minimum absolute atomic E-state index is 0.0955. The van der Waals surface area contributed by atoms with Crippen molar-refractivity contribution in [3.63, 3.8) is 0 Å². The van der Waals surface area contributed by atoms with Crippen LogP contribution in [0.2, 0.25) is 0 Å². The first-order chi connectivity index (χ1) is 12.4. The number of nitrogens with one attached hydrogen (secondary N) is 1. The Morgan fingerprint density at radius 3 is 2.58 bits per heavy atom. The third kappa shape index (κ3) is 6.92. The lowest BCUT2D eigenvalue weighted by atomic mass is 10.2. The van der Waals surface area contributed by atoms with Crippen molar-refractivity contribution in [2.45, 2.75) is 13.8 Å². The Morgan fingerprint density at radius 2 is 2.00 bits per heavy atom. The predicted octanol–water partition coefficient (Wildman–Crippen LogP) is 1.38. The van der Waals surface area contributed by atoms with Crippen molar-refractivity contribution in [3.05, 3.63) is 35.7 Å². The van der Waals surface area contributed by atoms with E-state index in [4.69, 9.17) is 9.47 Å². The number of likely N-dealkylation sites (N-methyl/N-ethyl adjacent to an activating group) is 2. The number of amides is 2. The fraction of sp³-hybridized carbons (Fsp3) is 0.389. The summed E-state index contributed by atoms with van der Waals surface area (Å²) >= 11 is 0. The summed E-state index contributed by atoms with van der Waals surface area (Å²) in [6.07, 6.45) is 2.45. The van der Waals surface area contributed by atoms with Gasteiger partial charge in [0, 0.05) is 19.2 Å². The first-order valence-electron chi connectivity index (χ1n) is 8.14. The molecule has 1 aromatic rings. The van der Waals surface area contributed by atoms with Crippen LogP contribution in [0.3, 0.4) is 0 Å². The molecule has 0 aromatic heterocycles. The zero-order valence-electron chi connectivity index (χ0n) is 15.1. The SMILES string of the molecule is CCNC(=O)CN(CC)C(=O)COC(=O)/C=C/c1ccc(OC)c(F)c1. The highest BCUT2D eigenvalue weighted by Gasteiger charge is 2.16. The summed E-state index contributed by atoms with van der Waals surface area (Å²) < 4.78 is 23.2. The fourth-order valence-corrected chi connectivity index (χ4v) is 2.03. The van der Waals surface area contributed by atoms with Gasteiger partial charge in [-0.2, -0.15) is 0 Å². The fourth-order valence-electron chi connectivity index (χ4n) is 2.03. The maximum atomic E-state index is 13.6. The summed E-state index contributed by atoms with van der Waals surface area (Å²) in [7, 11) is 1.35. The van der Waals surface area contributed by atoms with Crippen LogP contribution in [-0.4, -0.2) is 56.0 Å². The van der Waals surface area contributed by atoms with E-state index in [0.29, 0.717) is 18.7 Å². The average molecular weight is 366 g/mol. The number of carbonyl (C=O) groups excluding carboxylic acids is 3. The third-order valence-corrected chi connectivity index (χ3v) is 3.37. The van der Waals surface area contributed by atoms with Gasteiger partial charge in [0.1, 0.15) is 0 Å². The van der Waals surface area contributed by atoms with Crippen LogP contribution in [0.5, 0.6) is 5.75 Å². The van der Waals surface area contributed by atoms with Gasteiger partial charge < -0.3 is 19.7 Å². The van der Waals surface area contributed by atoms with E-state index in [1.165, 1.54) is 30.2 Å². The van der Waals surface area contributed by atoms with Crippen LogP contribution in [0.4, 0.5) is 4.39 Å². The van der Waals surface area contributed by atoms with E-state index < -0.39 is 24.3 Å². The van der Waals surface area contributed by atoms with Gasteiger partial charge in [-0.25, -0.2) is 9.18 Å². The second-order valence-corrected chi connectivity index (χ2v) is 5.20.